The van der Waals surface area contributed by atoms with Crippen molar-refractivity contribution < 1.29 is 14.0 Å². The molecule has 2 heterocycles. The SMILES string of the molecule is O=C(NCc1ccncc1)[C@H]1C[C@]12CCN(C(=O)Cc1ccc(F)cc1)C2. The Labute approximate surface area is 157 Å². The molecule has 1 aliphatic carbocycles. The maximum atomic E-state index is 13.0. The van der Waals surface area contributed by atoms with Gasteiger partial charge in [0.1, 0.15) is 5.82 Å². The molecule has 1 N–H and O–H groups in total. The Kier molecular flexibility index (Phi) is 4.64. The van der Waals surface area contributed by atoms with E-state index in [4.69, 9.17) is 0 Å². The molecule has 2 aromatic rings. The van der Waals surface area contributed by atoms with Crippen LogP contribution in [0.4, 0.5) is 4.39 Å². The van der Waals surface area contributed by atoms with Crippen LogP contribution < -0.4 is 5.32 Å². The summed E-state index contributed by atoms with van der Waals surface area (Å²) in [6.45, 7) is 1.83. The molecular formula is C21H22FN3O2. The Hall–Kier alpha value is -2.76. The quantitative estimate of drug-likeness (QED) is 0.882. The number of nitrogens with zero attached hydrogens (tertiary/aromatic N) is 2. The number of pyridine rings is 1. The van der Waals surface area contributed by atoms with Crippen molar-refractivity contribution in [3.8, 4) is 0 Å². The summed E-state index contributed by atoms with van der Waals surface area (Å²) in [7, 11) is 0. The van der Waals surface area contributed by atoms with E-state index in [0.29, 0.717) is 19.6 Å². The molecule has 2 fully saturated rings. The van der Waals surface area contributed by atoms with Crippen molar-refractivity contribution in [3.63, 3.8) is 0 Å². The molecule has 4 rings (SSSR count). The van der Waals surface area contributed by atoms with Gasteiger partial charge in [0.2, 0.25) is 11.8 Å². The molecule has 6 heteroatoms. The summed E-state index contributed by atoms with van der Waals surface area (Å²) in [6.07, 6.45) is 5.41. The molecule has 1 aliphatic heterocycles. The van der Waals surface area contributed by atoms with E-state index in [0.717, 1.165) is 24.0 Å². The first-order valence-corrected chi connectivity index (χ1v) is 9.25. The first-order valence-electron chi connectivity index (χ1n) is 9.25. The fourth-order valence-electron chi connectivity index (χ4n) is 3.98. The second-order valence-corrected chi connectivity index (χ2v) is 7.56. The monoisotopic (exact) mass is 367 g/mol. The van der Waals surface area contributed by atoms with Gasteiger partial charge in [0.25, 0.3) is 0 Å². The molecule has 140 valence electrons. The van der Waals surface area contributed by atoms with E-state index in [1.165, 1.54) is 12.1 Å². The van der Waals surface area contributed by atoms with E-state index in [1.54, 1.807) is 24.5 Å². The molecule has 2 amide bonds. The van der Waals surface area contributed by atoms with E-state index in [-0.39, 0.29) is 35.4 Å². The molecule has 27 heavy (non-hydrogen) atoms. The summed E-state index contributed by atoms with van der Waals surface area (Å²) in [5.41, 5.74) is 1.78. The van der Waals surface area contributed by atoms with Crippen LogP contribution in [0.2, 0.25) is 0 Å². The van der Waals surface area contributed by atoms with Crippen LogP contribution in [0.5, 0.6) is 0 Å². The van der Waals surface area contributed by atoms with Crippen molar-refractivity contribution in [2.24, 2.45) is 11.3 Å². The topological polar surface area (TPSA) is 62.3 Å². The summed E-state index contributed by atoms with van der Waals surface area (Å²) in [5.74, 6) is -0.200. The molecule has 0 radical (unpaired) electrons. The number of carbonyl (C=O) groups is 2. The molecule has 5 nitrogen and oxygen atoms in total. The van der Waals surface area contributed by atoms with Crippen molar-refractivity contribution in [2.45, 2.75) is 25.8 Å². The van der Waals surface area contributed by atoms with Gasteiger partial charge in [-0.2, -0.15) is 0 Å². The van der Waals surface area contributed by atoms with Gasteiger partial charge in [-0.05, 0) is 48.2 Å². The number of rotatable bonds is 5. The number of nitrogens with one attached hydrogen (secondary N) is 1. The zero-order valence-electron chi connectivity index (χ0n) is 15.0. The van der Waals surface area contributed by atoms with Crippen LogP contribution in [0.15, 0.2) is 48.8 Å². The van der Waals surface area contributed by atoms with Crippen molar-refractivity contribution in [1.29, 1.82) is 0 Å². The summed E-state index contributed by atoms with van der Waals surface area (Å²) in [4.78, 5) is 30.8. The Morgan fingerprint density at radius 2 is 1.89 bits per heavy atom. The lowest BCUT2D eigenvalue weighted by molar-refractivity contribution is -0.130. The molecular weight excluding hydrogens is 345 g/mol. The highest BCUT2D eigenvalue weighted by molar-refractivity contribution is 5.84. The van der Waals surface area contributed by atoms with Crippen LogP contribution >= 0.6 is 0 Å². The van der Waals surface area contributed by atoms with Crippen molar-refractivity contribution >= 4 is 11.8 Å². The summed E-state index contributed by atoms with van der Waals surface area (Å²) >= 11 is 0. The fraction of sp³-hybridized carbons (Fsp3) is 0.381. The van der Waals surface area contributed by atoms with Crippen LogP contribution in [-0.4, -0.2) is 34.8 Å². The van der Waals surface area contributed by atoms with Crippen molar-refractivity contribution in [1.82, 2.24) is 15.2 Å². The molecule has 1 aromatic heterocycles. The lowest BCUT2D eigenvalue weighted by atomic mass is 10.0. The number of benzene rings is 1. The number of hydrogen-bond donors (Lipinski definition) is 1. The van der Waals surface area contributed by atoms with Gasteiger partial charge in [0, 0.05) is 43.4 Å². The number of halogens is 1. The highest BCUT2D eigenvalue weighted by Crippen LogP contribution is 2.58. The summed E-state index contributed by atoms with van der Waals surface area (Å²) in [5, 5.41) is 3.00. The highest BCUT2D eigenvalue weighted by Gasteiger charge is 2.61. The highest BCUT2D eigenvalue weighted by atomic mass is 19.1. The van der Waals surface area contributed by atoms with E-state index in [9.17, 15) is 14.0 Å². The van der Waals surface area contributed by atoms with Gasteiger partial charge in [-0.1, -0.05) is 12.1 Å². The average molecular weight is 367 g/mol. The predicted molar refractivity (Wildman–Crippen MR) is 97.9 cm³/mol. The first-order chi connectivity index (χ1) is 13.1. The number of likely N-dealkylation sites (tertiary alicyclic amines) is 1. The van der Waals surface area contributed by atoms with Crippen molar-refractivity contribution in [3.05, 3.63) is 65.7 Å². The molecule has 1 saturated carbocycles. The Bertz CT molecular complexity index is 840. The number of hydrogen-bond acceptors (Lipinski definition) is 3. The smallest absolute Gasteiger partial charge is 0.227 e. The first kappa shape index (κ1) is 17.6. The largest absolute Gasteiger partial charge is 0.352 e. The van der Waals surface area contributed by atoms with Gasteiger partial charge in [-0.15, -0.1) is 0 Å². The zero-order valence-corrected chi connectivity index (χ0v) is 15.0. The zero-order chi connectivity index (χ0) is 18.9. The average Bonchev–Trinajstić information content (AvgIpc) is 3.22. The third-order valence-electron chi connectivity index (χ3n) is 5.73. The normalized spacial score (nSPS) is 23.4. The minimum absolute atomic E-state index is 0.0111. The predicted octanol–water partition coefficient (Wildman–Crippen LogP) is 2.32. The summed E-state index contributed by atoms with van der Waals surface area (Å²) in [6, 6.07) is 9.80. The molecule has 1 aromatic carbocycles. The van der Waals surface area contributed by atoms with Crippen LogP contribution in [0.3, 0.4) is 0 Å². The van der Waals surface area contributed by atoms with E-state index < -0.39 is 0 Å². The lowest BCUT2D eigenvalue weighted by Gasteiger charge is -2.17. The van der Waals surface area contributed by atoms with Crippen LogP contribution in [0, 0.1) is 17.2 Å². The minimum Gasteiger partial charge on any atom is -0.352 e. The molecule has 2 atom stereocenters. The van der Waals surface area contributed by atoms with Crippen molar-refractivity contribution in [2.75, 3.05) is 13.1 Å². The Morgan fingerprint density at radius 3 is 2.63 bits per heavy atom. The minimum atomic E-state index is -0.301. The number of amides is 2. The molecule has 0 unspecified atom stereocenters. The van der Waals surface area contributed by atoms with Gasteiger partial charge < -0.3 is 10.2 Å². The number of carbonyl (C=O) groups excluding carboxylic acids is 2. The van der Waals surface area contributed by atoms with Crippen LogP contribution in [0.1, 0.15) is 24.0 Å². The molecule has 1 saturated heterocycles. The van der Waals surface area contributed by atoms with E-state index in [2.05, 4.69) is 10.3 Å². The third kappa shape index (κ3) is 3.84. The molecule has 1 spiro atoms. The molecule has 0 bridgehead atoms. The summed E-state index contributed by atoms with van der Waals surface area (Å²) < 4.78 is 13.0. The van der Waals surface area contributed by atoms with Gasteiger partial charge >= 0.3 is 0 Å². The number of aromatic nitrogens is 1. The second-order valence-electron chi connectivity index (χ2n) is 7.56. The standard InChI is InChI=1S/C21H22FN3O2/c22-17-3-1-15(2-4-17)11-19(26)25-10-7-21(14-25)12-18(21)20(27)24-13-16-5-8-23-9-6-16/h1-6,8-9,18H,7,10-14H2,(H,24,27)/t18-,21+/m1/s1. The van der Waals surface area contributed by atoms with Gasteiger partial charge in [-0.3, -0.25) is 14.6 Å². The fourth-order valence-corrected chi connectivity index (χ4v) is 3.98. The Balaban J connectivity index is 1.28. The van der Waals surface area contributed by atoms with Gasteiger partial charge in [0.05, 0.1) is 6.42 Å². The maximum absolute atomic E-state index is 13.0. The van der Waals surface area contributed by atoms with E-state index >= 15 is 0 Å². The van der Waals surface area contributed by atoms with Crippen LogP contribution in [-0.2, 0) is 22.6 Å². The third-order valence-corrected chi connectivity index (χ3v) is 5.73. The van der Waals surface area contributed by atoms with Gasteiger partial charge in [0.15, 0.2) is 0 Å². The lowest BCUT2D eigenvalue weighted by Crippen LogP contribution is -2.32. The second kappa shape index (κ2) is 7.10. The molecule has 2 aliphatic rings. The maximum Gasteiger partial charge on any atom is 0.227 e. The van der Waals surface area contributed by atoms with E-state index in [1.807, 2.05) is 17.0 Å². The van der Waals surface area contributed by atoms with Crippen LogP contribution in [0.25, 0.3) is 0 Å². The Morgan fingerprint density at radius 1 is 1.15 bits per heavy atom. The van der Waals surface area contributed by atoms with Gasteiger partial charge in [-0.25, -0.2) is 4.39 Å².